The van der Waals surface area contributed by atoms with Crippen molar-refractivity contribution in [2.45, 2.75) is 51.7 Å². The molecule has 1 unspecified atom stereocenters. The van der Waals surface area contributed by atoms with Crippen LogP contribution in [0.3, 0.4) is 0 Å². The van der Waals surface area contributed by atoms with E-state index >= 15 is 0 Å². The highest BCUT2D eigenvalue weighted by molar-refractivity contribution is 5.88. The van der Waals surface area contributed by atoms with Crippen molar-refractivity contribution in [1.82, 2.24) is 14.8 Å². The number of hydrogen-bond donors (Lipinski definition) is 1. The zero-order valence-electron chi connectivity index (χ0n) is 13.0. The second-order valence-corrected chi connectivity index (χ2v) is 5.03. The van der Waals surface area contributed by atoms with Gasteiger partial charge in [-0.15, -0.1) is 5.10 Å². The molecule has 0 aliphatic carbocycles. The van der Waals surface area contributed by atoms with Crippen LogP contribution in [0, 0.1) is 0 Å². The van der Waals surface area contributed by atoms with Gasteiger partial charge in [0.05, 0.1) is 0 Å². The van der Waals surface area contributed by atoms with Crippen molar-refractivity contribution in [2.24, 2.45) is 5.73 Å². The van der Waals surface area contributed by atoms with Crippen molar-refractivity contribution in [1.29, 1.82) is 0 Å². The Morgan fingerprint density at radius 2 is 1.87 bits per heavy atom. The average Bonchev–Trinajstić information content (AvgIpc) is 3.04. The van der Waals surface area contributed by atoms with Gasteiger partial charge in [0.15, 0.2) is 18.4 Å². The minimum atomic E-state index is -0.913. The highest BCUT2D eigenvalue weighted by atomic mass is 16.6. The highest BCUT2D eigenvalue weighted by Gasteiger charge is 2.49. The van der Waals surface area contributed by atoms with Crippen LogP contribution in [-0.2, 0) is 23.8 Å². The lowest BCUT2D eigenvalue weighted by Gasteiger charge is -2.22. The molecule has 0 spiro atoms. The third kappa shape index (κ3) is 3.65. The van der Waals surface area contributed by atoms with Crippen LogP contribution < -0.4 is 5.73 Å². The maximum atomic E-state index is 11.4. The van der Waals surface area contributed by atoms with Crippen molar-refractivity contribution in [3.63, 3.8) is 0 Å². The molecule has 10 heteroatoms. The van der Waals surface area contributed by atoms with Crippen molar-refractivity contribution in [3.8, 4) is 0 Å². The summed E-state index contributed by atoms with van der Waals surface area (Å²) >= 11 is 0. The van der Waals surface area contributed by atoms with Crippen molar-refractivity contribution < 1.29 is 28.6 Å². The van der Waals surface area contributed by atoms with Gasteiger partial charge in [-0.1, -0.05) is 6.92 Å². The lowest BCUT2D eigenvalue weighted by atomic mass is 10.1. The average molecular weight is 326 g/mol. The first kappa shape index (κ1) is 16.9. The van der Waals surface area contributed by atoms with Crippen LogP contribution in [0.4, 0.5) is 0 Å². The molecule has 0 bridgehead atoms. The van der Waals surface area contributed by atoms with Gasteiger partial charge >= 0.3 is 11.9 Å². The molecule has 1 fully saturated rings. The first-order chi connectivity index (χ1) is 10.8. The Morgan fingerprint density at radius 1 is 1.26 bits per heavy atom. The summed E-state index contributed by atoms with van der Waals surface area (Å²) in [6, 6.07) is 0. The summed E-state index contributed by atoms with van der Waals surface area (Å²) in [7, 11) is 0. The molecule has 126 valence electrons. The first-order valence-corrected chi connectivity index (χ1v) is 7.04. The number of aromatic nitrogens is 3. The molecule has 1 amide bonds. The second-order valence-electron chi connectivity index (χ2n) is 5.03. The van der Waals surface area contributed by atoms with Gasteiger partial charge in [0.1, 0.15) is 12.4 Å². The lowest BCUT2D eigenvalue weighted by molar-refractivity contribution is -0.165. The maximum Gasteiger partial charge on any atom is 0.303 e. The Bertz CT molecular complexity index is 615. The number of ether oxygens (including phenoxy) is 3. The van der Waals surface area contributed by atoms with E-state index in [1.807, 2.05) is 6.92 Å². The van der Waals surface area contributed by atoms with E-state index in [1.54, 1.807) is 0 Å². The predicted octanol–water partition coefficient (Wildman–Crippen LogP) is -0.452. The first-order valence-electron chi connectivity index (χ1n) is 7.04. The second kappa shape index (κ2) is 6.73. The summed E-state index contributed by atoms with van der Waals surface area (Å²) in [4.78, 5) is 37.6. The third-order valence-corrected chi connectivity index (χ3v) is 3.28. The normalized spacial score (nSPS) is 26.7. The number of rotatable bonds is 5. The number of nitrogens with zero attached hydrogens (tertiary/aromatic N) is 3. The molecular weight excluding hydrogens is 308 g/mol. The van der Waals surface area contributed by atoms with Crippen LogP contribution in [0.15, 0.2) is 6.33 Å². The van der Waals surface area contributed by atoms with Crippen LogP contribution in [0.5, 0.6) is 0 Å². The van der Waals surface area contributed by atoms with Crippen molar-refractivity contribution >= 4 is 17.8 Å². The molecule has 0 radical (unpaired) electrons. The lowest BCUT2D eigenvalue weighted by Crippen LogP contribution is -2.38. The monoisotopic (exact) mass is 326 g/mol. The molecule has 10 nitrogen and oxygen atoms in total. The quantitative estimate of drug-likeness (QED) is 0.718. The summed E-state index contributed by atoms with van der Waals surface area (Å²) in [5.41, 5.74) is 5.12. The Hall–Kier alpha value is -2.49. The number of carbonyl (C=O) groups is 3. The van der Waals surface area contributed by atoms with Crippen molar-refractivity contribution in [2.75, 3.05) is 0 Å². The van der Waals surface area contributed by atoms with Crippen LogP contribution in [-0.4, -0.2) is 50.9 Å². The number of esters is 2. The molecule has 4 atom stereocenters. The van der Waals surface area contributed by atoms with E-state index in [-0.39, 0.29) is 5.82 Å². The van der Waals surface area contributed by atoms with Gasteiger partial charge in [0.2, 0.25) is 5.82 Å². The summed E-state index contributed by atoms with van der Waals surface area (Å²) in [5.74, 6) is -2.08. The SMILES string of the molecule is CC[C@H]1O[C@@H](n2cnc(C(N)=O)n2)[C@@H](OC(C)=O)C1OC(C)=O. The van der Waals surface area contributed by atoms with E-state index in [9.17, 15) is 14.4 Å². The smallest absolute Gasteiger partial charge is 0.303 e. The largest absolute Gasteiger partial charge is 0.456 e. The van der Waals surface area contributed by atoms with Crippen LogP contribution in [0.1, 0.15) is 44.0 Å². The fourth-order valence-electron chi connectivity index (χ4n) is 2.41. The molecule has 2 heterocycles. The zero-order valence-corrected chi connectivity index (χ0v) is 13.0. The molecule has 0 saturated carbocycles. The number of carbonyl (C=O) groups excluding carboxylic acids is 3. The minimum Gasteiger partial charge on any atom is -0.456 e. The fraction of sp³-hybridized carbons (Fsp3) is 0.615. The Labute approximate surface area is 131 Å². The summed E-state index contributed by atoms with van der Waals surface area (Å²) in [6.45, 7) is 4.33. The Balaban J connectivity index is 2.33. The van der Waals surface area contributed by atoms with Gasteiger partial charge in [-0.25, -0.2) is 9.67 Å². The van der Waals surface area contributed by atoms with Gasteiger partial charge in [0.25, 0.3) is 5.91 Å². The molecule has 1 saturated heterocycles. The molecule has 1 aromatic heterocycles. The summed E-state index contributed by atoms with van der Waals surface area (Å²) in [5, 5.41) is 3.91. The van der Waals surface area contributed by atoms with Gasteiger partial charge in [-0.3, -0.25) is 14.4 Å². The molecule has 1 aromatic rings. The number of primary amides is 1. The molecule has 2 rings (SSSR count). The summed E-state index contributed by atoms with van der Waals surface area (Å²) < 4.78 is 17.5. The fourth-order valence-corrected chi connectivity index (χ4v) is 2.41. The zero-order chi connectivity index (χ0) is 17.1. The molecule has 1 aliphatic heterocycles. The van der Waals surface area contributed by atoms with E-state index in [0.717, 1.165) is 0 Å². The van der Waals surface area contributed by atoms with Crippen LogP contribution >= 0.6 is 0 Å². The van der Waals surface area contributed by atoms with E-state index in [0.29, 0.717) is 6.42 Å². The molecule has 1 aliphatic rings. The van der Waals surface area contributed by atoms with E-state index in [4.69, 9.17) is 19.9 Å². The topological polar surface area (TPSA) is 136 Å². The van der Waals surface area contributed by atoms with E-state index in [1.165, 1.54) is 24.9 Å². The van der Waals surface area contributed by atoms with E-state index < -0.39 is 42.4 Å². The Kier molecular flexibility index (Phi) is 4.94. The minimum absolute atomic E-state index is 0.195. The standard InChI is InChI=1S/C13H18N4O6/c1-4-8-9(21-6(2)18)10(22-7(3)19)13(23-8)17-5-15-12(16-17)11(14)20/h5,8-10,13H,4H2,1-3H3,(H2,14,20)/t8-,9?,10+,13-/m1/s1. The van der Waals surface area contributed by atoms with Crippen LogP contribution in [0.25, 0.3) is 0 Å². The highest BCUT2D eigenvalue weighted by Crippen LogP contribution is 2.34. The number of hydrogen-bond acceptors (Lipinski definition) is 8. The molecule has 0 aromatic carbocycles. The van der Waals surface area contributed by atoms with Crippen LogP contribution in [0.2, 0.25) is 0 Å². The van der Waals surface area contributed by atoms with Gasteiger partial charge in [-0.2, -0.15) is 0 Å². The van der Waals surface area contributed by atoms with Gasteiger partial charge in [0, 0.05) is 13.8 Å². The molecule has 2 N–H and O–H groups in total. The predicted molar refractivity (Wildman–Crippen MR) is 73.8 cm³/mol. The molecule has 23 heavy (non-hydrogen) atoms. The van der Waals surface area contributed by atoms with Gasteiger partial charge < -0.3 is 19.9 Å². The Morgan fingerprint density at radius 3 is 2.35 bits per heavy atom. The molecular formula is C13H18N4O6. The number of nitrogens with two attached hydrogens (primary N) is 1. The third-order valence-electron chi connectivity index (χ3n) is 3.28. The van der Waals surface area contributed by atoms with Crippen molar-refractivity contribution in [3.05, 3.63) is 12.2 Å². The maximum absolute atomic E-state index is 11.4. The number of amides is 1. The summed E-state index contributed by atoms with van der Waals surface area (Å²) in [6.07, 6.45) is -1.31. The van der Waals surface area contributed by atoms with E-state index in [2.05, 4.69) is 10.1 Å². The van der Waals surface area contributed by atoms with Gasteiger partial charge in [-0.05, 0) is 6.42 Å².